The zero-order valence-electron chi connectivity index (χ0n) is 14.3. The lowest BCUT2D eigenvalue weighted by molar-refractivity contribution is 0.321. The van der Waals surface area contributed by atoms with Crippen LogP contribution in [0.3, 0.4) is 0 Å². The Bertz CT molecular complexity index is 450. The van der Waals surface area contributed by atoms with E-state index in [1.807, 2.05) is 6.20 Å². The van der Waals surface area contributed by atoms with Crippen molar-refractivity contribution in [2.45, 2.75) is 71.5 Å². The van der Waals surface area contributed by atoms with E-state index in [-0.39, 0.29) is 5.54 Å². The van der Waals surface area contributed by atoms with Crippen molar-refractivity contribution in [2.24, 2.45) is 5.92 Å². The molecule has 2 atom stereocenters. The summed E-state index contributed by atoms with van der Waals surface area (Å²) in [5, 5.41) is 3.51. The van der Waals surface area contributed by atoms with E-state index >= 15 is 0 Å². The van der Waals surface area contributed by atoms with Crippen molar-refractivity contribution in [1.29, 1.82) is 0 Å². The topological polar surface area (TPSA) is 28.2 Å². The summed E-state index contributed by atoms with van der Waals surface area (Å²) in [4.78, 5) is 6.96. The summed E-state index contributed by atoms with van der Waals surface area (Å²) in [6.45, 7) is 9.78. The number of hydrogen-bond acceptors (Lipinski definition) is 3. The Morgan fingerprint density at radius 2 is 2.00 bits per heavy atom. The molecule has 2 unspecified atom stereocenters. The Hall–Kier alpha value is -1.09. The van der Waals surface area contributed by atoms with Crippen LogP contribution in [0, 0.1) is 5.92 Å². The summed E-state index contributed by atoms with van der Waals surface area (Å²) in [7, 11) is 2.24. The fraction of sp³-hybridized carbons (Fsp3) is 0.722. The quantitative estimate of drug-likeness (QED) is 0.908. The van der Waals surface area contributed by atoms with Gasteiger partial charge >= 0.3 is 0 Å². The van der Waals surface area contributed by atoms with Crippen LogP contribution in [0.25, 0.3) is 0 Å². The predicted molar refractivity (Wildman–Crippen MR) is 90.7 cm³/mol. The molecule has 2 rings (SSSR count). The summed E-state index contributed by atoms with van der Waals surface area (Å²) in [5.74, 6) is 0.785. The first-order valence-corrected chi connectivity index (χ1v) is 8.29. The van der Waals surface area contributed by atoms with E-state index in [0.717, 1.165) is 18.2 Å². The molecule has 0 radical (unpaired) electrons. The third-order valence-electron chi connectivity index (χ3n) is 4.57. The summed E-state index contributed by atoms with van der Waals surface area (Å²) >= 11 is 0. The van der Waals surface area contributed by atoms with Gasteiger partial charge in [-0.2, -0.15) is 0 Å². The molecule has 1 N–H and O–H groups in total. The zero-order valence-corrected chi connectivity index (χ0v) is 14.3. The lowest BCUT2D eigenvalue weighted by Gasteiger charge is -2.37. The zero-order chi connectivity index (χ0) is 15.5. The lowest BCUT2D eigenvalue weighted by Crippen LogP contribution is -2.39. The first-order valence-electron chi connectivity index (χ1n) is 8.29. The normalized spacial score (nSPS) is 23.1. The summed E-state index contributed by atoms with van der Waals surface area (Å²) in [6, 6.07) is 5.05. The van der Waals surface area contributed by atoms with Gasteiger partial charge in [0.05, 0.1) is 5.69 Å². The van der Waals surface area contributed by atoms with Gasteiger partial charge in [-0.05, 0) is 51.7 Å². The Labute approximate surface area is 130 Å². The van der Waals surface area contributed by atoms with E-state index in [1.165, 1.54) is 31.4 Å². The number of rotatable bonds is 4. The smallest absolute Gasteiger partial charge is 0.0562 e. The third kappa shape index (κ3) is 4.70. The second-order valence-electron chi connectivity index (χ2n) is 7.55. The first-order chi connectivity index (χ1) is 9.87. The number of pyridine rings is 1. The molecule has 0 amide bonds. The number of anilines is 1. The highest BCUT2D eigenvalue weighted by molar-refractivity contribution is 5.47. The monoisotopic (exact) mass is 289 g/mol. The van der Waals surface area contributed by atoms with Gasteiger partial charge in [-0.1, -0.05) is 19.8 Å². The molecule has 0 aromatic carbocycles. The van der Waals surface area contributed by atoms with Crippen LogP contribution < -0.4 is 10.2 Å². The standard InChI is InChI=1S/C18H31N3/c1-14-8-6-7-9-17(14)21(5)16-10-11-19-15(12-16)13-20-18(2,3)4/h10-12,14,17,20H,6-9,13H2,1-5H3. The minimum Gasteiger partial charge on any atom is -0.371 e. The van der Waals surface area contributed by atoms with Crippen LogP contribution >= 0.6 is 0 Å². The summed E-state index contributed by atoms with van der Waals surface area (Å²) < 4.78 is 0. The van der Waals surface area contributed by atoms with Crippen LogP contribution in [-0.4, -0.2) is 23.6 Å². The molecule has 1 aliphatic carbocycles. The maximum Gasteiger partial charge on any atom is 0.0562 e. The number of aromatic nitrogens is 1. The Morgan fingerprint density at radius 3 is 2.67 bits per heavy atom. The highest BCUT2D eigenvalue weighted by Gasteiger charge is 2.25. The number of hydrogen-bond donors (Lipinski definition) is 1. The highest BCUT2D eigenvalue weighted by Crippen LogP contribution is 2.30. The molecule has 1 saturated carbocycles. The van der Waals surface area contributed by atoms with Gasteiger partial charge in [0.15, 0.2) is 0 Å². The van der Waals surface area contributed by atoms with Gasteiger partial charge in [0.2, 0.25) is 0 Å². The van der Waals surface area contributed by atoms with Gasteiger partial charge in [-0.25, -0.2) is 0 Å². The highest BCUT2D eigenvalue weighted by atomic mass is 15.1. The molecule has 1 aromatic heterocycles. The van der Waals surface area contributed by atoms with Gasteiger partial charge in [-0.3, -0.25) is 4.98 Å². The summed E-state index contributed by atoms with van der Waals surface area (Å²) in [5.41, 5.74) is 2.55. The van der Waals surface area contributed by atoms with Crippen molar-refractivity contribution in [3.63, 3.8) is 0 Å². The molecule has 1 fully saturated rings. The van der Waals surface area contributed by atoms with Crippen molar-refractivity contribution in [3.8, 4) is 0 Å². The average molecular weight is 289 g/mol. The third-order valence-corrected chi connectivity index (χ3v) is 4.57. The Kier molecular flexibility index (Phi) is 5.26. The van der Waals surface area contributed by atoms with E-state index in [2.05, 4.69) is 62.1 Å². The minimum atomic E-state index is 0.126. The predicted octanol–water partition coefficient (Wildman–Crippen LogP) is 3.98. The van der Waals surface area contributed by atoms with Gasteiger partial charge < -0.3 is 10.2 Å². The van der Waals surface area contributed by atoms with E-state index in [0.29, 0.717) is 6.04 Å². The van der Waals surface area contributed by atoms with Gasteiger partial charge in [0.1, 0.15) is 0 Å². The molecule has 3 nitrogen and oxygen atoms in total. The van der Waals surface area contributed by atoms with Crippen molar-refractivity contribution in [1.82, 2.24) is 10.3 Å². The second-order valence-corrected chi connectivity index (χ2v) is 7.55. The van der Waals surface area contributed by atoms with Crippen molar-refractivity contribution < 1.29 is 0 Å². The van der Waals surface area contributed by atoms with E-state index < -0.39 is 0 Å². The van der Waals surface area contributed by atoms with Crippen molar-refractivity contribution in [2.75, 3.05) is 11.9 Å². The number of nitrogens with one attached hydrogen (secondary N) is 1. The molecule has 1 heterocycles. The molecule has 0 spiro atoms. The molecular weight excluding hydrogens is 258 g/mol. The van der Waals surface area contributed by atoms with Crippen LogP contribution in [-0.2, 0) is 6.54 Å². The van der Waals surface area contributed by atoms with E-state index in [4.69, 9.17) is 0 Å². The van der Waals surface area contributed by atoms with E-state index in [9.17, 15) is 0 Å². The molecular formula is C18H31N3. The maximum absolute atomic E-state index is 4.50. The van der Waals surface area contributed by atoms with Crippen LogP contribution in [0.2, 0.25) is 0 Å². The summed E-state index contributed by atoms with van der Waals surface area (Å²) in [6.07, 6.45) is 7.37. The molecule has 0 bridgehead atoms. The number of nitrogens with zero attached hydrogens (tertiary/aromatic N) is 2. The van der Waals surface area contributed by atoms with Crippen molar-refractivity contribution >= 4 is 5.69 Å². The maximum atomic E-state index is 4.50. The SMILES string of the molecule is CC1CCCCC1N(C)c1ccnc(CNC(C)(C)C)c1. The Balaban J connectivity index is 2.05. The molecule has 0 aliphatic heterocycles. The molecule has 118 valence electrons. The molecule has 3 heteroatoms. The molecule has 1 aromatic rings. The van der Waals surface area contributed by atoms with Crippen LogP contribution in [0.4, 0.5) is 5.69 Å². The van der Waals surface area contributed by atoms with Crippen LogP contribution in [0.5, 0.6) is 0 Å². The molecule has 21 heavy (non-hydrogen) atoms. The molecule has 0 saturated heterocycles. The largest absolute Gasteiger partial charge is 0.371 e. The van der Waals surface area contributed by atoms with Gasteiger partial charge in [0.25, 0.3) is 0 Å². The van der Waals surface area contributed by atoms with Gasteiger partial charge in [-0.15, -0.1) is 0 Å². The molecule has 1 aliphatic rings. The first kappa shape index (κ1) is 16.3. The average Bonchev–Trinajstić information content (AvgIpc) is 2.44. The Morgan fingerprint density at radius 1 is 1.29 bits per heavy atom. The fourth-order valence-corrected chi connectivity index (χ4v) is 3.20. The van der Waals surface area contributed by atoms with Gasteiger partial charge in [0, 0.05) is 37.1 Å². The van der Waals surface area contributed by atoms with E-state index in [1.54, 1.807) is 0 Å². The van der Waals surface area contributed by atoms with Crippen LogP contribution in [0.15, 0.2) is 18.3 Å². The second kappa shape index (κ2) is 6.78. The minimum absolute atomic E-state index is 0.126. The van der Waals surface area contributed by atoms with Crippen LogP contribution in [0.1, 0.15) is 59.1 Å². The van der Waals surface area contributed by atoms with Crippen molar-refractivity contribution in [3.05, 3.63) is 24.0 Å². The lowest BCUT2D eigenvalue weighted by atomic mass is 9.85. The fourth-order valence-electron chi connectivity index (χ4n) is 3.20.